The van der Waals surface area contributed by atoms with Gasteiger partial charge >= 0.3 is 0 Å². The Kier molecular flexibility index (Phi) is 4.42. The molecule has 2 heterocycles. The minimum atomic E-state index is -0.726. The summed E-state index contributed by atoms with van der Waals surface area (Å²) in [4.78, 5) is 12.1. The van der Waals surface area contributed by atoms with Gasteiger partial charge in [-0.25, -0.2) is 5.43 Å². The van der Waals surface area contributed by atoms with Gasteiger partial charge in [0, 0.05) is 0 Å². The Balaban J connectivity index is 1.56. The number of nitrogens with zero attached hydrogens (tertiary/aromatic N) is 1. The molecule has 1 aromatic heterocycles. The Morgan fingerprint density at radius 3 is 2.87 bits per heavy atom. The van der Waals surface area contributed by atoms with Gasteiger partial charge in [0.15, 0.2) is 11.5 Å². The summed E-state index contributed by atoms with van der Waals surface area (Å²) in [6.07, 6.45) is 4.37. The lowest BCUT2D eigenvalue weighted by Crippen LogP contribution is -2.42. The molecular weight excluding hydrogens is 296 g/mol. The zero-order valence-corrected chi connectivity index (χ0v) is 12.6. The van der Waals surface area contributed by atoms with E-state index in [1.807, 2.05) is 18.2 Å². The first-order chi connectivity index (χ1) is 11.2. The fourth-order valence-electron chi connectivity index (χ4n) is 1.99. The molecule has 1 amide bonds. The Morgan fingerprint density at radius 2 is 2.09 bits per heavy atom. The van der Waals surface area contributed by atoms with E-state index < -0.39 is 6.10 Å². The minimum absolute atomic E-state index is 0.152. The zero-order valence-electron chi connectivity index (χ0n) is 12.6. The van der Waals surface area contributed by atoms with Crippen molar-refractivity contribution in [3.8, 4) is 11.5 Å². The summed E-state index contributed by atoms with van der Waals surface area (Å²) in [5, 5.41) is 4.01. The largest absolute Gasteiger partial charge is 0.485 e. The van der Waals surface area contributed by atoms with E-state index in [9.17, 15) is 4.79 Å². The van der Waals surface area contributed by atoms with Gasteiger partial charge in [0.1, 0.15) is 12.4 Å². The van der Waals surface area contributed by atoms with E-state index in [0.717, 1.165) is 0 Å². The summed E-state index contributed by atoms with van der Waals surface area (Å²) in [5.41, 5.74) is 3.11. The number of amides is 1. The average Bonchev–Trinajstić information content (AvgIpc) is 3.11. The van der Waals surface area contributed by atoms with Crippen molar-refractivity contribution in [3.05, 3.63) is 54.5 Å². The molecule has 23 heavy (non-hydrogen) atoms. The van der Waals surface area contributed by atoms with E-state index in [2.05, 4.69) is 10.5 Å². The van der Waals surface area contributed by atoms with Crippen LogP contribution in [0.1, 0.15) is 12.7 Å². The van der Waals surface area contributed by atoms with Gasteiger partial charge in [-0.05, 0) is 43.3 Å². The average molecular weight is 312 g/mol. The second kappa shape index (κ2) is 6.83. The first kappa shape index (κ1) is 14.9. The topological polar surface area (TPSA) is 73.1 Å². The summed E-state index contributed by atoms with van der Waals surface area (Å²) in [6.45, 7) is 1.92. The van der Waals surface area contributed by atoms with Crippen molar-refractivity contribution < 1.29 is 18.7 Å². The summed E-state index contributed by atoms with van der Waals surface area (Å²) in [7, 11) is 0. The third-order valence-electron chi connectivity index (χ3n) is 3.18. The Morgan fingerprint density at radius 1 is 1.26 bits per heavy atom. The molecule has 0 saturated carbocycles. The number of carbonyl (C=O) groups is 1. The minimum Gasteiger partial charge on any atom is -0.485 e. The molecule has 0 unspecified atom stereocenters. The van der Waals surface area contributed by atoms with Gasteiger partial charge in [0.25, 0.3) is 5.91 Å². The Bertz CT molecular complexity index is 735. The molecule has 2 aromatic rings. The number of hydrogen-bond donors (Lipinski definition) is 1. The first-order valence-electron chi connectivity index (χ1n) is 7.16. The predicted molar refractivity (Wildman–Crippen MR) is 85.3 cm³/mol. The van der Waals surface area contributed by atoms with Crippen LogP contribution < -0.4 is 14.9 Å². The number of furan rings is 1. The summed E-state index contributed by atoms with van der Waals surface area (Å²) >= 11 is 0. The molecular formula is C17H16N2O4. The van der Waals surface area contributed by atoms with E-state index in [1.165, 1.54) is 0 Å². The SMILES string of the molecule is CC(/C=C/c1ccco1)=N/NC(=O)[C@H]1COc2ccccc2O1. The molecule has 0 aliphatic carbocycles. The molecule has 118 valence electrons. The van der Waals surface area contributed by atoms with Crippen LogP contribution in [0.15, 0.2) is 58.3 Å². The number of nitrogens with one attached hydrogen (secondary N) is 1. The van der Waals surface area contributed by atoms with Crippen LogP contribution in [-0.4, -0.2) is 24.3 Å². The third kappa shape index (κ3) is 3.79. The van der Waals surface area contributed by atoms with Gasteiger partial charge < -0.3 is 13.9 Å². The fourth-order valence-corrected chi connectivity index (χ4v) is 1.99. The van der Waals surface area contributed by atoms with Crippen LogP contribution in [-0.2, 0) is 4.79 Å². The highest BCUT2D eigenvalue weighted by molar-refractivity contribution is 5.97. The second-order valence-corrected chi connectivity index (χ2v) is 4.94. The number of para-hydroxylation sites is 2. The first-order valence-corrected chi connectivity index (χ1v) is 7.16. The molecule has 6 heteroatoms. The van der Waals surface area contributed by atoms with Crippen LogP contribution in [0.3, 0.4) is 0 Å². The van der Waals surface area contributed by atoms with Crippen molar-refractivity contribution in [1.82, 2.24) is 5.43 Å². The lowest BCUT2D eigenvalue weighted by molar-refractivity contribution is -0.130. The van der Waals surface area contributed by atoms with E-state index in [-0.39, 0.29) is 12.5 Å². The second-order valence-electron chi connectivity index (χ2n) is 4.94. The molecule has 0 spiro atoms. The normalized spacial score (nSPS) is 17.3. The number of hydrazone groups is 1. The van der Waals surface area contributed by atoms with E-state index >= 15 is 0 Å². The smallest absolute Gasteiger partial charge is 0.284 e. The third-order valence-corrected chi connectivity index (χ3v) is 3.18. The predicted octanol–water partition coefficient (Wildman–Crippen LogP) is 2.62. The summed E-state index contributed by atoms with van der Waals surface area (Å²) in [6, 6.07) is 10.9. The highest BCUT2D eigenvalue weighted by Gasteiger charge is 2.26. The lowest BCUT2D eigenvalue weighted by Gasteiger charge is -2.24. The van der Waals surface area contributed by atoms with Crippen molar-refractivity contribution in [2.75, 3.05) is 6.61 Å². The zero-order chi connectivity index (χ0) is 16.1. The molecule has 1 atom stereocenters. The number of allylic oxidation sites excluding steroid dienone is 1. The van der Waals surface area contributed by atoms with Gasteiger partial charge in [-0.15, -0.1) is 0 Å². The van der Waals surface area contributed by atoms with Crippen molar-refractivity contribution in [1.29, 1.82) is 0 Å². The maximum absolute atomic E-state index is 12.1. The van der Waals surface area contributed by atoms with Crippen LogP contribution in [0.25, 0.3) is 6.08 Å². The van der Waals surface area contributed by atoms with Crippen molar-refractivity contribution in [2.45, 2.75) is 13.0 Å². The van der Waals surface area contributed by atoms with Gasteiger partial charge in [-0.3, -0.25) is 4.79 Å². The molecule has 0 fully saturated rings. The number of ether oxygens (including phenoxy) is 2. The van der Waals surface area contributed by atoms with Gasteiger partial charge in [0.05, 0.1) is 12.0 Å². The van der Waals surface area contributed by atoms with E-state index in [0.29, 0.717) is 23.0 Å². The molecule has 0 bridgehead atoms. The number of carbonyl (C=O) groups excluding carboxylic acids is 1. The maximum Gasteiger partial charge on any atom is 0.284 e. The molecule has 1 aliphatic heterocycles. The van der Waals surface area contributed by atoms with Crippen molar-refractivity contribution in [2.24, 2.45) is 5.10 Å². The van der Waals surface area contributed by atoms with Crippen molar-refractivity contribution in [3.63, 3.8) is 0 Å². The molecule has 0 radical (unpaired) electrons. The molecule has 1 aromatic carbocycles. The lowest BCUT2D eigenvalue weighted by atomic mass is 10.2. The van der Waals surface area contributed by atoms with E-state index in [4.69, 9.17) is 13.9 Å². The number of hydrogen-bond acceptors (Lipinski definition) is 5. The molecule has 6 nitrogen and oxygen atoms in total. The van der Waals surface area contributed by atoms with Crippen LogP contribution in [0.5, 0.6) is 11.5 Å². The quantitative estimate of drug-likeness (QED) is 0.696. The molecule has 1 aliphatic rings. The van der Waals surface area contributed by atoms with Gasteiger partial charge in [0.2, 0.25) is 6.10 Å². The highest BCUT2D eigenvalue weighted by atomic mass is 16.6. The number of benzene rings is 1. The maximum atomic E-state index is 12.1. The molecule has 3 rings (SSSR count). The van der Waals surface area contributed by atoms with Gasteiger partial charge in [-0.1, -0.05) is 12.1 Å². The Hall–Kier alpha value is -3.02. The standard InChI is InChI=1S/C17H16N2O4/c1-12(8-9-13-5-4-10-21-13)18-19-17(20)16-11-22-14-6-2-3-7-15(14)23-16/h2-10,16H,11H2,1H3,(H,19,20)/b9-8+,18-12-/t16-/m1/s1. The van der Waals surface area contributed by atoms with Crippen LogP contribution in [0.4, 0.5) is 0 Å². The van der Waals surface area contributed by atoms with Crippen LogP contribution >= 0.6 is 0 Å². The van der Waals surface area contributed by atoms with E-state index in [1.54, 1.807) is 43.5 Å². The molecule has 1 N–H and O–H groups in total. The summed E-state index contributed by atoms with van der Waals surface area (Å²) in [5.74, 6) is 1.55. The summed E-state index contributed by atoms with van der Waals surface area (Å²) < 4.78 is 16.3. The fraction of sp³-hybridized carbons (Fsp3) is 0.176. The van der Waals surface area contributed by atoms with Crippen LogP contribution in [0, 0.1) is 0 Å². The van der Waals surface area contributed by atoms with Crippen molar-refractivity contribution >= 4 is 17.7 Å². The number of rotatable bonds is 4. The number of fused-ring (bicyclic) bond motifs is 1. The van der Waals surface area contributed by atoms with Gasteiger partial charge in [-0.2, -0.15) is 5.10 Å². The highest BCUT2D eigenvalue weighted by Crippen LogP contribution is 2.30. The van der Waals surface area contributed by atoms with Crippen LogP contribution in [0.2, 0.25) is 0 Å². The Labute approximate surface area is 133 Å². The molecule has 0 saturated heterocycles. The monoisotopic (exact) mass is 312 g/mol.